The van der Waals surface area contributed by atoms with Crippen molar-refractivity contribution in [1.82, 2.24) is 0 Å². The molecule has 9 heteroatoms. The van der Waals surface area contributed by atoms with Gasteiger partial charge in [-0.05, 0) is 6.42 Å². The van der Waals surface area contributed by atoms with Gasteiger partial charge in [-0.3, -0.25) is 0 Å². The summed E-state index contributed by atoms with van der Waals surface area (Å²) in [5.41, 5.74) is -1.46. The highest BCUT2D eigenvalue weighted by Crippen LogP contribution is 2.24. The van der Waals surface area contributed by atoms with Crippen LogP contribution in [0.3, 0.4) is 0 Å². The highest BCUT2D eigenvalue weighted by Gasteiger charge is 2.39. The Balaban J connectivity index is 4.72. The van der Waals surface area contributed by atoms with Gasteiger partial charge in [-0.2, -0.15) is 0 Å². The monoisotopic (exact) mass is 300 g/mol. The van der Waals surface area contributed by atoms with Gasteiger partial charge in [-0.15, -0.1) is 0 Å². The van der Waals surface area contributed by atoms with Gasteiger partial charge in [0.25, 0.3) is 0 Å². The van der Waals surface area contributed by atoms with Crippen LogP contribution in [0, 0.1) is 5.41 Å². The van der Waals surface area contributed by atoms with E-state index in [4.69, 9.17) is 25.5 Å². The van der Waals surface area contributed by atoms with Crippen molar-refractivity contribution in [2.24, 2.45) is 5.41 Å². The van der Waals surface area contributed by atoms with Crippen molar-refractivity contribution in [3.8, 4) is 0 Å². The largest absolute Gasteiger partial charge is 0.396 e. The molecule has 0 radical (unpaired) electrons. The fourth-order valence-corrected chi connectivity index (χ4v) is 1.67. The minimum Gasteiger partial charge on any atom is -0.396 e. The first-order valence-electron chi connectivity index (χ1n) is 6.12. The minimum atomic E-state index is -1.96. The third kappa shape index (κ3) is 4.88. The molecule has 5 atom stereocenters. The Bertz CT molecular complexity index is 250. The zero-order valence-corrected chi connectivity index (χ0v) is 10.9. The van der Waals surface area contributed by atoms with Crippen LogP contribution in [0.25, 0.3) is 0 Å². The molecule has 0 aromatic rings. The van der Waals surface area contributed by atoms with E-state index in [2.05, 4.69) is 0 Å². The summed E-state index contributed by atoms with van der Waals surface area (Å²) in [7, 11) is 0. The molecule has 0 saturated heterocycles. The molecule has 0 heterocycles. The quantitative estimate of drug-likeness (QED) is 0.191. The lowest BCUT2D eigenvalue weighted by Gasteiger charge is -2.34. The van der Waals surface area contributed by atoms with Crippen LogP contribution in [0.4, 0.5) is 0 Å². The van der Waals surface area contributed by atoms with E-state index in [9.17, 15) is 20.4 Å². The lowest BCUT2D eigenvalue weighted by Crippen LogP contribution is -2.51. The van der Waals surface area contributed by atoms with Crippen LogP contribution in [0.2, 0.25) is 0 Å². The highest BCUT2D eigenvalue weighted by molar-refractivity contribution is 4.89. The Morgan fingerprint density at radius 1 is 0.600 bits per heavy atom. The van der Waals surface area contributed by atoms with E-state index in [0.717, 1.165) is 0 Å². The molecule has 9 nitrogen and oxygen atoms in total. The molecule has 0 aromatic heterocycles. The standard InChI is InChI=1S/C11H24O9/c12-2-7(17)9(19)10(20)8(18)6(16)1-11(3-13,4-14)5-15/h6-10,12-20H,1-5H2/t6?,7-,8+,9-,10-/m1/s1. The third-order valence-electron chi connectivity index (χ3n) is 3.32. The van der Waals surface area contributed by atoms with Gasteiger partial charge >= 0.3 is 0 Å². The number of hydrogen-bond donors (Lipinski definition) is 9. The van der Waals surface area contributed by atoms with E-state index < -0.39 is 68.8 Å². The van der Waals surface area contributed by atoms with Crippen LogP contribution >= 0.6 is 0 Å². The van der Waals surface area contributed by atoms with Crippen LogP contribution in [0.1, 0.15) is 6.42 Å². The van der Waals surface area contributed by atoms with Crippen molar-refractivity contribution in [2.45, 2.75) is 36.9 Å². The number of rotatable bonds is 10. The van der Waals surface area contributed by atoms with Crippen molar-refractivity contribution in [3.63, 3.8) is 0 Å². The summed E-state index contributed by atoms with van der Waals surface area (Å²) in [4.78, 5) is 0. The van der Waals surface area contributed by atoms with Crippen molar-refractivity contribution in [1.29, 1.82) is 0 Å². The smallest absolute Gasteiger partial charge is 0.111 e. The molecule has 0 fully saturated rings. The molecule has 0 aliphatic heterocycles. The van der Waals surface area contributed by atoms with Crippen molar-refractivity contribution >= 4 is 0 Å². The topological polar surface area (TPSA) is 182 Å². The van der Waals surface area contributed by atoms with Gasteiger partial charge in [0, 0.05) is 5.41 Å². The van der Waals surface area contributed by atoms with Crippen molar-refractivity contribution in [2.75, 3.05) is 26.4 Å². The molecular formula is C11H24O9. The molecule has 1 unspecified atom stereocenters. The van der Waals surface area contributed by atoms with Crippen LogP contribution in [0.5, 0.6) is 0 Å². The van der Waals surface area contributed by atoms with E-state index in [0.29, 0.717) is 0 Å². The number of hydrogen-bond acceptors (Lipinski definition) is 9. The van der Waals surface area contributed by atoms with E-state index in [1.807, 2.05) is 0 Å². The average Bonchev–Trinajstić information content (AvgIpc) is 2.49. The molecular weight excluding hydrogens is 276 g/mol. The first-order valence-corrected chi connectivity index (χ1v) is 6.12. The van der Waals surface area contributed by atoms with Gasteiger partial charge in [0.1, 0.15) is 24.4 Å². The van der Waals surface area contributed by atoms with Crippen LogP contribution in [-0.2, 0) is 0 Å². The maximum Gasteiger partial charge on any atom is 0.111 e. The summed E-state index contributed by atoms with van der Waals surface area (Å²) >= 11 is 0. The molecule has 0 spiro atoms. The molecule has 0 bridgehead atoms. The van der Waals surface area contributed by atoms with Crippen LogP contribution < -0.4 is 0 Å². The van der Waals surface area contributed by atoms with E-state index in [1.54, 1.807) is 0 Å². The second kappa shape index (κ2) is 8.82. The predicted octanol–water partition coefficient (Wildman–Crippen LogP) is -4.86. The second-order valence-corrected chi connectivity index (χ2v) is 4.97. The molecule has 0 saturated carbocycles. The second-order valence-electron chi connectivity index (χ2n) is 4.97. The maximum atomic E-state index is 9.72. The zero-order valence-electron chi connectivity index (χ0n) is 10.9. The van der Waals surface area contributed by atoms with Gasteiger partial charge in [0.2, 0.25) is 0 Å². The number of aliphatic hydroxyl groups excluding tert-OH is 9. The minimum absolute atomic E-state index is 0.448. The van der Waals surface area contributed by atoms with Crippen molar-refractivity contribution < 1.29 is 46.0 Å². The SMILES string of the molecule is OC[C@@H](O)[C@@H](O)[C@H](O)[C@@H](O)C(O)CC(CO)(CO)CO. The van der Waals surface area contributed by atoms with Gasteiger partial charge in [0.05, 0.1) is 32.5 Å². The molecule has 0 amide bonds. The summed E-state index contributed by atoms with van der Waals surface area (Å²) < 4.78 is 0. The Labute approximate surface area is 116 Å². The maximum absolute atomic E-state index is 9.72. The van der Waals surface area contributed by atoms with Gasteiger partial charge in [0.15, 0.2) is 0 Å². The zero-order chi connectivity index (χ0) is 15.9. The molecule has 0 aliphatic carbocycles. The van der Waals surface area contributed by atoms with E-state index in [1.165, 1.54) is 0 Å². The predicted molar refractivity (Wildman–Crippen MR) is 65.4 cm³/mol. The van der Waals surface area contributed by atoms with Crippen molar-refractivity contribution in [3.05, 3.63) is 0 Å². The van der Waals surface area contributed by atoms with Gasteiger partial charge < -0.3 is 46.0 Å². The Morgan fingerprint density at radius 2 is 1.00 bits per heavy atom. The highest BCUT2D eigenvalue weighted by atomic mass is 16.4. The van der Waals surface area contributed by atoms with Gasteiger partial charge in [-0.1, -0.05) is 0 Å². The van der Waals surface area contributed by atoms with Crippen LogP contribution in [0.15, 0.2) is 0 Å². The molecule has 0 aliphatic rings. The average molecular weight is 300 g/mol. The summed E-state index contributed by atoms with van der Waals surface area (Å²) in [5.74, 6) is 0. The molecule has 0 rings (SSSR count). The van der Waals surface area contributed by atoms with E-state index in [-0.39, 0.29) is 0 Å². The summed E-state index contributed by atoms with van der Waals surface area (Å²) in [6.45, 7) is -2.85. The lowest BCUT2D eigenvalue weighted by atomic mass is 9.82. The fourth-order valence-electron chi connectivity index (χ4n) is 1.67. The Hall–Kier alpha value is -0.360. The number of aliphatic hydroxyl groups is 9. The summed E-state index contributed by atoms with van der Waals surface area (Å²) in [6.07, 6.45) is -9.59. The summed E-state index contributed by atoms with van der Waals surface area (Å²) in [6, 6.07) is 0. The Kier molecular flexibility index (Phi) is 8.66. The normalized spacial score (nSPS) is 20.2. The van der Waals surface area contributed by atoms with Crippen LogP contribution in [-0.4, -0.2) is 103 Å². The lowest BCUT2D eigenvalue weighted by molar-refractivity contribution is -0.150. The molecule has 20 heavy (non-hydrogen) atoms. The third-order valence-corrected chi connectivity index (χ3v) is 3.32. The first-order chi connectivity index (χ1) is 9.28. The van der Waals surface area contributed by atoms with Gasteiger partial charge in [-0.25, -0.2) is 0 Å². The van der Waals surface area contributed by atoms with E-state index >= 15 is 0 Å². The molecule has 9 N–H and O–H groups in total. The molecule has 122 valence electrons. The first kappa shape index (κ1) is 19.6. The molecule has 0 aromatic carbocycles. The summed E-state index contributed by atoms with van der Waals surface area (Å²) in [5, 5.41) is 83.3. The fraction of sp³-hybridized carbons (Fsp3) is 1.00. The Morgan fingerprint density at radius 3 is 1.35 bits per heavy atom.